The molecule has 0 atom stereocenters. The Morgan fingerprint density at radius 3 is 2.87 bits per heavy atom. The summed E-state index contributed by atoms with van der Waals surface area (Å²) in [5.74, 6) is 0.575. The quantitative estimate of drug-likeness (QED) is 0.583. The van der Waals surface area contributed by atoms with Gasteiger partial charge in [-0.3, -0.25) is 0 Å². The fourth-order valence-electron chi connectivity index (χ4n) is 1.16. The minimum atomic E-state index is -0.339. The molecule has 0 radical (unpaired) electrons. The van der Waals surface area contributed by atoms with Crippen LogP contribution in [0.5, 0.6) is 0 Å². The second-order valence-corrected chi connectivity index (χ2v) is 4.32. The Labute approximate surface area is 94.2 Å². The zero-order valence-electron chi connectivity index (χ0n) is 9.24. The zero-order valence-corrected chi connectivity index (χ0v) is 10.1. The molecular formula is C11H15NO2S. The molecule has 0 N–H and O–H groups in total. The molecule has 4 heteroatoms. The lowest BCUT2D eigenvalue weighted by molar-refractivity contribution is 0.0515. The van der Waals surface area contributed by atoms with Gasteiger partial charge in [0.1, 0.15) is 0 Å². The first-order valence-electron chi connectivity index (χ1n) is 4.95. The van der Waals surface area contributed by atoms with Crippen LogP contribution in [0.3, 0.4) is 0 Å². The van der Waals surface area contributed by atoms with E-state index in [9.17, 15) is 4.79 Å². The van der Waals surface area contributed by atoms with Crippen LogP contribution >= 0.6 is 11.8 Å². The van der Waals surface area contributed by atoms with Crippen molar-refractivity contribution in [1.29, 1.82) is 0 Å². The average Bonchev–Trinajstić information content (AvgIpc) is 2.18. The van der Waals surface area contributed by atoms with E-state index in [1.165, 1.54) is 0 Å². The largest absolute Gasteiger partial charge is 0.461 e. The Kier molecular flexibility index (Phi) is 4.62. The summed E-state index contributed by atoms with van der Waals surface area (Å²) in [6, 6.07) is 1.97. The average molecular weight is 225 g/mol. The number of aryl methyl sites for hydroxylation is 1. The molecule has 0 saturated carbocycles. The molecule has 1 rings (SSSR count). The summed E-state index contributed by atoms with van der Waals surface area (Å²) in [5.41, 5.74) is 1.48. The molecule has 0 aromatic carbocycles. The first-order valence-corrected chi connectivity index (χ1v) is 5.94. The molecule has 0 aliphatic carbocycles. The smallest absolute Gasteiger partial charge is 0.358 e. The van der Waals surface area contributed by atoms with E-state index in [1.54, 1.807) is 24.9 Å². The zero-order chi connectivity index (χ0) is 11.3. The highest BCUT2D eigenvalue weighted by Crippen LogP contribution is 2.22. The van der Waals surface area contributed by atoms with Crippen LogP contribution in [0.1, 0.15) is 29.9 Å². The van der Waals surface area contributed by atoms with Crippen molar-refractivity contribution in [2.75, 3.05) is 12.4 Å². The van der Waals surface area contributed by atoms with Crippen LogP contribution in [0.2, 0.25) is 0 Å². The summed E-state index contributed by atoms with van der Waals surface area (Å²) in [6.45, 7) is 6.17. The third-order valence-electron chi connectivity index (χ3n) is 1.76. The van der Waals surface area contributed by atoms with Gasteiger partial charge in [0.15, 0.2) is 5.69 Å². The predicted octanol–water partition coefficient (Wildman–Crippen LogP) is 2.68. The lowest BCUT2D eigenvalue weighted by atomic mass is 10.3. The molecule has 1 aromatic heterocycles. The fourth-order valence-corrected chi connectivity index (χ4v) is 2.01. The molecular weight excluding hydrogens is 210 g/mol. The van der Waals surface area contributed by atoms with Gasteiger partial charge in [-0.15, -0.1) is 11.8 Å². The van der Waals surface area contributed by atoms with Crippen molar-refractivity contribution < 1.29 is 9.53 Å². The highest BCUT2D eigenvalue weighted by molar-refractivity contribution is 7.99. The first-order chi connectivity index (χ1) is 7.19. The van der Waals surface area contributed by atoms with Gasteiger partial charge in [-0.1, -0.05) is 6.92 Å². The van der Waals surface area contributed by atoms with Crippen molar-refractivity contribution in [3.05, 3.63) is 23.5 Å². The minimum Gasteiger partial charge on any atom is -0.461 e. The van der Waals surface area contributed by atoms with E-state index in [0.29, 0.717) is 12.3 Å². The number of nitrogens with zero attached hydrogens (tertiary/aromatic N) is 1. The van der Waals surface area contributed by atoms with Gasteiger partial charge < -0.3 is 4.74 Å². The maximum Gasteiger partial charge on any atom is 0.358 e. The van der Waals surface area contributed by atoms with Crippen molar-refractivity contribution in [2.24, 2.45) is 0 Å². The number of hydrogen-bond donors (Lipinski definition) is 0. The van der Waals surface area contributed by atoms with E-state index in [-0.39, 0.29) is 5.97 Å². The molecule has 0 unspecified atom stereocenters. The summed E-state index contributed by atoms with van der Waals surface area (Å²) < 4.78 is 4.94. The Morgan fingerprint density at radius 1 is 1.53 bits per heavy atom. The maximum atomic E-state index is 11.6. The van der Waals surface area contributed by atoms with E-state index in [0.717, 1.165) is 16.2 Å². The lowest BCUT2D eigenvalue weighted by Gasteiger charge is -2.07. The maximum absolute atomic E-state index is 11.6. The van der Waals surface area contributed by atoms with Crippen LogP contribution in [-0.4, -0.2) is 23.3 Å². The number of thioether (sulfide) groups is 1. The minimum absolute atomic E-state index is 0.339. The number of aromatic nitrogens is 1. The van der Waals surface area contributed by atoms with Crippen molar-refractivity contribution >= 4 is 17.7 Å². The standard InChI is InChI=1S/C11H15NO2S/c1-4-14-11(13)10-9(15-5-2)6-8(3)7-12-10/h6-7H,4-5H2,1-3H3. The van der Waals surface area contributed by atoms with Crippen LogP contribution in [0.4, 0.5) is 0 Å². The van der Waals surface area contributed by atoms with Crippen LogP contribution in [0.25, 0.3) is 0 Å². The number of esters is 1. The highest BCUT2D eigenvalue weighted by Gasteiger charge is 2.14. The van der Waals surface area contributed by atoms with Gasteiger partial charge in [-0.05, 0) is 31.2 Å². The van der Waals surface area contributed by atoms with E-state index >= 15 is 0 Å². The summed E-state index contributed by atoms with van der Waals surface area (Å²) in [5, 5.41) is 0. The predicted molar refractivity (Wildman–Crippen MR) is 61.3 cm³/mol. The van der Waals surface area contributed by atoms with E-state index in [1.807, 2.05) is 19.9 Å². The second-order valence-electron chi connectivity index (χ2n) is 3.01. The van der Waals surface area contributed by atoms with E-state index in [2.05, 4.69) is 4.98 Å². The molecule has 0 fully saturated rings. The number of pyridine rings is 1. The number of hydrogen-bond acceptors (Lipinski definition) is 4. The van der Waals surface area contributed by atoms with Crippen LogP contribution in [0.15, 0.2) is 17.2 Å². The van der Waals surface area contributed by atoms with Crippen LogP contribution in [0, 0.1) is 6.92 Å². The molecule has 0 bridgehead atoms. The van der Waals surface area contributed by atoms with Crippen molar-refractivity contribution in [1.82, 2.24) is 4.98 Å². The topological polar surface area (TPSA) is 39.2 Å². The van der Waals surface area contributed by atoms with Crippen molar-refractivity contribution in [3.63, 3.8) is 0 Å². The van der Waals surface area contributed by atoms with Crippen molar-refractivity contribution in [2.45, 2.75) is 25.7 Å². The van der Waals surface area contributed by atoms with Crippen LogP contribution < -0.4 is 0 Å². The molecule has 1 aromatic rings. The summed E-state index contributed by atoms with van der Waals surface area (Å²) in [7, 11) is 0. The van der Waals surface area contributed by atoms with Gasteiger partial charge in [0.2, 0.25) is 0 Å². The van der Waals surface area contributed by atoms with E-state index in [4.69, 9.17) is 4.74 Å². The molecule has 3 nitrogen and oxygen atoms in total. The molecule has 82 valence electrons. The summed E-state index contributed by atoms with van der Waals surface area (Å²) in [4.78, 5) is 16.6. The first kappa shape index (κ1) is 12.0. The van der Waals surface area contributed by atoms with Gasteiger partial charge in [0.25, 0.3) is 0 Å². The molecule has 0 saturated heterocycles. The number of carbonyl (C=O) groups is 1. The third kappa shape index (κ3) is 3.23. The number of ether oxygens (including phenoxy) is 1. The van der Waals surface area contributed by atoms with E-state index < -0.39 is 0 Å². The normalized spacial score (nSPS) is 10.1. The molecule has 0 spiro atoms. The lowest BCUT2D eigenvalue weighted by Crippen LogP contribution is -2.08. The number of rotatable bonds is 4. The van der Waals surface area contributed by atoms with Gasteiger partial charge in [0.05, 0.1) is 6.61 Å². The summed E-state index contributed by atoms with van der Waals surface area (Å²) in [6.07, 6.45) is 1.69. The molecule has 0 amide bonds. The Morgan fingerprint density at radius 2 is 2.27 bits per heavy atom. The molecule has 1 heterocycles. The second kappa shape index (κ2) is 5.75. The fraction of sp³-hybridized carbons (Fsp3) is 0.455. The molecule has 0 aliphatic rings. The SMILES string of the molecule is CCOC(=O)c1ncc(C)cc1SCC. The van der Waals surface area contributed by atoms with Gasteiger partial charge in [-0.2, -0.15) is 0 Å². The Balaban J connectivity index is 2.99. The van der Waals surface area contributed by atoms with Gasteiger partial charge in [0, 0.05) is 11.1 Å². The third-order valence-corrected chi connectivity index (χ3v) is 2.67. The Bertz CT molecular complexity index is 352. The van der Waals surface area contributed by atoms with Crippen LogP contribution in [-0.2, 0) is 4.74 Å². The molecule has 15 heavy (non-hydrogen) atoms. The highest BCUT2D eigenvalue weighted by atomic mass is 32.2. The summed E-state index contributed by atoms with van der Waals surface area (Å²) >= 11 is 1.61. The van der Waals surface area contributed by atoms with Gasteiger partial charge >= 0.3 is 5.97 Å². The van der Waals surface area contributed by atoms with Crippen molar-refractivity contribution in [3.8, 4) is 0 Å². The number of carbonyl (C=O) groups excluding carboxylic acids is 1. The Hall–Kier alpha value is -1.03. The molecule has 0 aliphatic heterocycles. The van der Waals surface area contributed by atoms with Gasteiger partial charge in [-0.25, -0.2) is 9.78 Å². The monoisotopic (exact) mass is 225 g/mol.